The topological polar surface area (TPSA) is 67.8 Å². The van der Waals surface area contributed by atoms with Gasteiger partial charge in [0, 0.05) is 36.8 Å². The molecule has 0 atom stereocenters. The summed E-state index contributed by atoms with van der Waals surface area (Å²) in [5.41, 5.74) is 1.80. The molecule has 0 N–H and O–H groups in total. The Balaban J connectivity index is 1.28. The highest BCUT2D eigenvalue weighted by atomic mass is 35.5. The quantitative estimate of drug-likeness (QED) is 0.541. The molecule has 4 rings (SSSR count). The average Bonchev–Trinajstić information content (AvgIpc) is 2.84. The summed E-state index contributed by atoms with van der Waals surface area (Å²) < 4.78 is 11.0. The molecule has 3 aromatic rings. The van der Waals surface area contributed by atoms with E-state index in [2.05, 4.69) is 15.1 Å². The zero-order valence-corrected chi connectivity index (χ0v) is 18.7. The molecule has 1 fully saturated rings. The largest absolute Gasteiger partial charge is 0.494 e. The van der Waals surface area contributed by atoms with Gasteiger partial charge in [0.15, 0.2) is 12.4 Å². The molecule has 1 amide bonds. The van der Waals surface area contributed by atoms with Crippen molar-refractivity contribution in [1.82, 2.24) is 15.1 Å². The maximum Gasteiger partial charge on any atom is 0.260 e. The number of nitrogens with zero attached hydrogens (tertiary/aromatic N) is 4. The molecular weight excluding hydrogens is 428 g/mol. The van der Waals surface area contributed by atoms with Crippen LogP contribution in [0.4, 0.5) is 5.82 Å². The van der Waals surface area contributed by atoms with Gasteiger partial charge in [-0.2, -0.15) is 0 Å². The molecule has 2 aromatic carbocycles. The van der Waals surface area contributed by atoms with E-state index in [-0.39, 0.29) is 12.5 Å². The van der Waals surface area contributed by atoms with Gasteiger partial charge in [-0.05, 0) is 61.5 Å². The lowest BCUT2D eigenvalue weighted by atomic mass is 10.1. The summed E-state index contributed by atoms with van der Waals surface area (Å²) in [6.07, 6.45) is 0. The third-order valence-corrected chi connectivity index (χ3v) is 5.46. The number of piperazine rings is 1. The van der Waals surface area contributed by atoms with Gasteiger partial charge in [-0.3, -0.25) is 4.79 Å². The van der Waals surface area contributed by atoms with Crippen molar-refractivity contribution in [1.29, 1.82) is 0 Å². The smallest absolute Gasteiger partial charge is 0.260 e. The highest BCUT2D eigenvalue weighted by Gasteiger charge is 2.22. The van der Waals surface area contributed by atoms with Crippen molar-refractivity contribution in [3.63, 3.8) is 0 Å². The number of amides is 1. The van der Waals surface area contributed by atoms with E-state index in [4.69, 9.17) is 21.1 Å². The van der Waals surface area contributed by atoms with Crippen molar-refractivity contribution >= 4 is 23.3 Å². The molecular formula is C24H25ClN4O3. The molecule has 0 aliphatic carbocycles. The Morgan fingerprint density at radius 1 is 0.938 bits per heavy atom. The van der Waals surface area contributed by atoms with Crippen molar-refractivity contribution in [2.45, 2.75) is 6.92 Å². The van der Waals surface area contributed by atoms with Crippen LogP contribution < -0.4 is 14.4 Å². The van der Waals surface area contributed by atoms with E-state index < -0.39 is 0 Å². The minimum atomic E-state index is -0.0402. The van der Waals surface area contributed by atoms with Crippen molar-refractivity contribution < 1.29 is 14.3 Å². The summed E-state index contributed by atoms with van der Waals surface area (Å²) in [6.45, 7) is 5.21. The third-order valence-electron chi connectivity index (χ3n) is 5.23. The van der Waals surface area contributed by atoms with Gasteiger partial charge in [0.25, 0.3) is 5.91 Å². The predicted molar refractivity (Wildman–Crippen MR) is 124 cm³/mol. The zero-order valence-electron chi connectivity index (χ0n) is 17.9. The number of aromatic nitrogens is 2. The van der Waals surface area contributed by atoms with Gasteiger partial charge in [-0.25, -0.2) is 0 Å². The van der Waals surface area contributed by atoms with Crippen LogP contribution in [-0.4, -0.2) is 60.4 Å². The van der Waals surface area contributed by atoms with E-state index in [0.717, 1.165) is 22.8 Å². The summed E-state index contributed by atoms with van der Waals surface area (Å²) in [5.74, 6) is 2.20. The van der Waals surface area contributed by atoms with Crippen molar-refractivity contribution in [3.8, 4) is 22.8 Å². The molecule has 2 heterocycles. The van der Waals surface area contributed by atoms with E-state index in [1.807, 2.05) is 48.2 Å². The van der Waals surface area contributed by atoms with Crippen LogP contribution >= 0.6 is 11.6 Å². The Kier molecular flexibility index (Phi) is 7.07. The van der Waals surface area contributed by atoms with Gasteiger partial charge in [-0.1, -0.05) is 17.7 Å². The molecule has 1 aromatic heterocycles. The lowest BCUT2D eigenvalue weighted by Gasteiger charge is -2.35. The van der Waals surface area contributed by atoms with Crippen molar-refractivity contribution in [3.05, 3.63) is 65.7 Å². The van der Waals surface area contributed by atoms with Crippen LogP contribution in [0.1, 0.15) is 6.92 Å². The summed E-state index contributed by atoms with van der Waals surface area (Å²) in [6, 6.07) is 18.8. The normalized spacial score (nSPS) is 13.7. The molecule has 0 unspecified atom stereocenters. The Labute approximate surface area is 192 Å². The number of hydrogen-bond donors (Lipinski definition) is 0. The second-order valence-corrected chi connectivity index (χ2v) is 7.78. The Hall–Kier alpha value is -3.32. The molecule has 32 heavy (non-hydrogen) atoms. The fourth-order valence-corrected chi connectivity index (χ4v) is 3.69. The third kappa shape index (κ3) is 5.48. The standard InChI is InChI=1S/C24H25ClN4O3/c1-2-31-20-8-6-18(7-9-20)22-10-11-23(27-26-22)28-12-14-29(15-13-28)24(30)17-32-21-5-3-4-19(25)16-21/h3-11,16H,2,12-15,17H2,1H3. The molecule has 0 bridgehead atoms. The first-order valence-electron chi connectivity index (χ1n) is 10.6. The molecule has 0 saturated carbocycles. The van der Waals surface area contributed by atoms with Crippen LogP contribution in [0.3, 0.4) is 0 Å². The summed E-state index contributed by atoms with van der Waals surface area (Å²) in [4.78, 5) is 16.4. The first kappa shape index (κ1) is 21.9. The second-order valence-electron chi connectivity index (χ2n) is 7.35. The number of anilines is 1. The monoisotopic (exact) mass is 452 g/mol. The number of carbonyl (C=O) groups excluding carboxylic acids is 1. The van der Waals surface area contributed by atoms with E-state index in [1.165, 1.54) is 0 Å². The lowest BCUT2D eigenvalue weighted by molar-refractivity contribution is -0.133. The highest BCUT2D eigenvalue weighted by molar-refractivity contribution is 6.30. The number of benzene rings is 2. The Bertz CT molecular complexity index is 1040. The molecule has 7 nitrogen and oxygen atoms in total. The molecule has 0 radical (unpaired) electrons. The predicted octanol–water partition coefficient (Wildman–Crippen LogP) is 3.92. The van der Waals surface area contributed by atoms with Crippen LogP contribution in [0.25, 0.3) is 11.3 Å². The summed E-state index contributed by atoms with van der Waals surface area (Å²) in [7, 11) is 0. The van der Waals surface area contributed by atoms with Crippen LogP contribution in [0, 0.1) is 0 Å². The van der Waals surface area contributed by atoms with E-state index >= 15 is 0 Å². The van der Waals surface area contributed by atoms with Crippen molar-refractivity contribution in [2.24, 2.45) is 0 Å². The number of rotatable bonds is 7. The lowest BCUT2D eigenvalue weighted by Crippen LogP contribution is -2.50. The number of ether oxygens (including phenoxy) is 2. The van der Waals surface area contributed by atoms with Gasteiger partial charge in [0.05, 0.1) is 12.3 Å². The maximum absolute atomic E-state index is 12.5. The van der Waals surface area contributed by atoms with Crippen molar-refractivity contribution in [2.75, 3.05) is 44.3 Å². The molecule has 1 aliphatic heterocycles. The average molecular weight is 453 g/mol. The summed E-state index contributed by atoms with van der Waals surface area (Å²) >= 11 is 5.95. The van der Waals surface area contributed by atoms with Gasteiger partial charge >= 0.3 is 0 Å². The molecule has 166 valence electrons. The van der Waals surface area contributed by atoms with E-state index in [9.17, 15) is 4.79 Å². The maximum atomic E-state index is 12.5. The minimum Gasteiger partial charge on any atom is -0.494 e. The fourth-order valence-electron chi connectivity index (χ4n) is 3.51. The van der Waals surface area contributed by atoms with Crippen LogP contribution in [0.15, 0.2) is 60.7 Å². The molecule has 0 spiro atoms. The Morgan fingerprint density at radius 2 is 1.72 bits per heavy atom. The van der Waals surface area contributed by atoms with Crippen LogP contribution in [-0.2, 0) is 4.79 Å². The molecule has 1 aliphatic rings. The Morgan fingerprint density at radius 3 is 2.38 bits per heavy atom. The first-order valence-corrected chi connectivity index (χ1v) is 11.0. The van der Waals surface area contributed by atoms with Gasteiger partial charge in [0.2, 0.25) is 0 Å². The molecule has 8 heteroatoms. The number of hydrogen-bond acceptors (Lipinski definition) is 6. The fraction of sp³-hybridized carbons (Fsp3) is 0.292. The van der Waals surface area contributed by atoms with Gasteiger partial charge in [-0.15, -0.1) is 10.2 Å². The SMILES string of the molecule is CCOc1ccc(-c2ccc(N3CCN(C(=O)COc4cccc(Cl)c4)CC3)nn2)cc1. The zero-order chi connectivity index (χ0) is 22.3. The highest BCUT2D eigenvalue weighted by Crippen LogP contribution is 2.22. The van der Waals surface area contributed by atoms with Crippen LogP contribution in [0.5, 0.6) is 11.5 Å². The number of carbonyl (C=O) groups is 1. The van der Waals surface area contributed by atoms with E-state index in [0.29, 0.717) is 43.6 Å². The van der Waals surface area contributed by atoms with Gasteiger partial charge in [0.1, 0.15) is 11.5 Å². The first-order chi connectivity index (χ1) is 15.6. The minimum absolute atomic E-state index is 0.00304. The van der Waals surface area contributed by atoms with E-state index in [1.54, 1.807) is 24.3 Å². The summed E-state index contributed by atoms with van der Waals surface area (Å²) in [5, 5.41) is 9.36. The van der Waals surface area contributed by atoms with Crippen LogP contribution in [0.2, 0.25) is 5.02 Å². The van der Waals surface area contributed by atoms with Gasteiger partial charge < -0.3 is 19.3 Å². The molecule has 1 saturated heterocycles. The second kappa shape index (κ2) is 10.3. The number of halogens is 1.